The molecule has 1 saturated heterocycles. The molecule has 1 amide bonds. The fraction of sp³-hybridized carbons (Fsp3) is 0.316. The van der Waals surface area contributed by atoms with Crippen LogP contribution in [0.15, 0.2) is 46.2 Å². The van der Waals surface area contributed by atoms with Crippen molar-refractivity contribution in [2.24, 2.45) is 0 Å². The highest BCUT2D eigenvalue weighted by atomic mass is 32.1. The van der Waals surface area contributed by atoms with Crippen LogP contribution in [-0.4, -0.2) is 34.1 Å². The van der Waals surface area contributed by atoms with Crippen LogP contribution in [0.1, 0.15) is 39.9 Å². The Labute approximate surface area is 150 Å². The van der Waals surface area contributed by atoms with Gasteiger partial charge in [0.2, 0.25) is 11.8 Å². The van der Waals surface area contributed by atoms with Gasteiger partial charge in [-0.05, 0) is 42.8 Å². The van der Waals surface area contributed by atoms with Crippen LogP contribution in [0.3, 0.4) is 0 Å². The van der Waals surface area contributed by atoms with Crippen molar-refractivity contribution in [2.75, 3.05) is 13.1 Å². The third-order valence-electron chi connectivity index (χ3n) is 4.61. The Morgan fingerprint density at radius 2 is 2.12 bits per heavy atom. The SMILES string of the molecule is Cc1ccccc1-c1nnc(C2CCCN(C(=O)c3cccs3)C2)o1. The van der Waals surface area contributed by atoms with Gasteiger partial charge in [0, 0.05) is 18.7 Å². The fourth-order valence-electron chi connectivity index (χ4n) is 3.24. The number of carbonyl (C=O) groups excluding carboxylic acids is 1. The molecule has 0 N–H and O–H groups in total. The quantitative estimate of drug-likeness (QED) is 0.710. The molecule has 1 aliphatic rings. The maximum Gasteiger partial charge on any atom is 0.263 e. The molecule has 2 aromatic heterocycles. The molecule has 1 aliphatic heterocycles. The normalized spacial score (nSPS) is 17.6. The van der Waals surface area contributed by atoms with Crippen molar-refractivity contribution in [1.82, 2.24) is 15.1 Å². The maximum absolute atomic E-state index is 12.6. The molecule has 25 heavy (non-hydrogen) atoms. The van der Waals surface area contributed by atoms with Crippen molar-refractivity contribution in [2.45, 2.75) is 25.7 Å². The molecule has 1 fully saturated rings. The summed E-state index contributed by atoms with van der Waals surface area (Å²) in [5, 5.41) is 10.4. The van der Waals surface area contributed by atoms with Crippen molar-refractivity contribution in [3.05, 3.63) is 58.1 Å². The van der Waals surface area contributed by atoms with Crippen LogP contribution in [0.5, 0.6) is 0 Å². The zero-order valence-electron chi connectivity index (χ0n) is 14.0. The van der Waals surface area contributed by atoms with Gasteiger partial charge in [0.15, 0.2) is 0 Å². The zero-order valence-corrected chi connectivity index (χ0v) is 14.8. The van der Waals surface area contributed by atoms with E-state index in [2.05, 4.69) is 10.2 Å². The number of aryl methyl sites for hydroxylation is 1. The summed E-state index contributed by atoms with van der Waals surface area (Å²) in [7, 11) is 0. The van der Waals surface area contributed by atoms with Gasteiger partial charge in [-0.25, -0.2) is 0 Å². The molecule has 0 bridgehead atoms. The maximum atomic E-state index is 12.6. The topological polar surface area (TPSA) is 59.2 Å². The molecular weight excluding hydrogens is 334 g/mol. The third kappa shape index (κ3) is 3.22. The molecule has 5 nitrogen and oxygen atoms in total. The van der Waals surface area contributed by atoms with Gasteiger partial charge in [0.25, 0.3) is 5.91 Å². The molecule has 6 heteroatoms. The van der Waals surface area contributed by atoms with Gasteiger partial charge in [-0.1, -0.05) is 24.3 Å². The average Bonchev–Trinajstić information content (AvgIpc) is 3.34. The second-order valence-electron chi connectivity index (χ2n) is 6.33. The Balaban J connectivity index is 1.52. The van der Waals surface area contributed by atoms with Gasteiger partial charge in [-0.2, -0.15) is 0 Å². The number of hydrogen-bond donors (Lipinski definition) is 0. The number of likely N-dealkylation sites (tertiary alicyclic amines) is 1. The number of piperidine rings is 1. The molecule has 1 aromatic carbocycles. The van der Waals surface area contributed by atoms with Crippen LogP contribution in [0.4, 0.5) is 0 Å². The lowest BCUT2D eigenvalue weighted by molar-refractivity contribution is 0.0703. The smallest absolute Gasteiger partial charge is 0.263 e. The number of hydrogen-bond acceptors (Lipinski definition) is 5. The molecule has 0 saturated carbocycles. The molecule has 0 aliphatic carbocycles. The van der Waals surface area contributed by atoms with E-state index in [9.17, 15) is 4.79 Å². The summed E-state index contributed by atoms with van der Waals surface area (Å²) in [5.41, 5.74) is 2.07. The van der Waals surface area contributed by atoms with E-state index in [1.54, 1.807) is 0 Å². The standard InChI is InChI=1S/C19H19N3O2S/c1-13-6-2-3-8-15(13)18-21-20-17(24-18)14-7-4-10-22(12-14)19(23)16-9-5-11-25-16/h2-3,5-6,8-9,11,14H,4,7,10,12H2,1H3. The predicted octanol–water partition coefficient (Wildman–Crippen LogP) is 4.13. The Kier molecular flexibility index (Phi) is 4.36. The van der Waals surface area contributed by atoms with Crippen LogP contribution in [-0.2, 0) is 0 Å². The van der Waals surface area contributed by atoms with Crippen LogP contribution >= 0.6 is 11.3 Å². The van der Waals surface area contributed by atoms with Crippen molar-refractivity contribution in [3.8, 4) is 11.5 Å². The molecular formula is C19H19N3O2S. The first-order chi connectivity index (χ1) is 12.2. The van der Waals surface area contributed by atoms with Gasteiger partial charge < -0.3 is 9.32 Å². The lowest BCUT2D eigenvalue weighted by Crippen LogP contribution is -2.38. The highest BCUT2D eigenvalue weighted by molar-refractivity contribution is 7.12. The summed E-state index contributed by atoms with van der Waals surface area (Å²) in [5.74, 6) is 1.37. The zero-order chi connectivity index (χ0) is 17.2. The van der Waals surface area contributed by atoms with E-state index in [0.717, 1.165) is 35.4 Å². The minimum Gasteiger partial charge on any atom is -0.420 e. The van der Waals surface area contributed by atoms with E-state index in [-0.39, 0.29) is 11.8 Å². The van der Waals surface area contributed by atoms with Crippen LogP contribution in [0, 0.1) is 6.92 Å². The van der Waals surface area contributed by atoms with Crippen molar-refractivity contribution < 1.29 is 9.21 Å². The number of benzene rings is 1. The second kappa shape index (κ2) is 6.80. The van der Waals surface area contributed by atoms with Crippen molar-refractivity contribution >= 4 is 17.2 Å². The highest BCUT2D eigenvalue weighted by Crippen LogP contribution is 2.30. The third-order valence-corrected chi connectivity index (χ3v) is 5.46. The van der Waals surface area contributed by atoms with Crippen molar-refractivity contribution in [1.29, 1.82) is 0 Å². The Hall–Kier alpha value is -2.47. The molecule has 0 radical (unpaired) electrons. The monoisotopic (exact) mass is 353 g/mol. The largest absolute Gasteiger partial charge is 0.420 e. The van der Waals surface area contributed by atoms with E-state index in [1.807, 2.05) is 53.6 Å². The summed E-state index contributed by atoms with van der Waals surface area (Å²) in [6.45, 7) is 3.44. The van der Waals surface area contributed by atoms with Gasteiger partial charge in [0.05, 0.1) is 10.8 Å². The van der Waals surface area contributed by atoms with Crippen LogP contribution < -0.4 is 0 Å². The first-order valence-corrected chi connectivity index (χ1v) is 9.32. The first-order valence-electron chi connectivity index (χ1n) is 8.44. The fourth-order valence-corrected chi connectivity index (χ4v) is 3.93. The number of thiophene rings is 1. The molecule has 1 atom stereocenters. The average molecular weight is 353 g/mol. The first kappa shape index (κ1) is 16.0. The molecule has 3 heterocycles. The Morgan fingerprint density at radius 3 is 2.92 bits per heavy atom. The van der Waals surface area contributed by atoms with Gasteiger partial charge in [-0.15, -0.1) is 21.5 Å². The summed E-state index contributed by atoms with van der Waals surface area (Å²) in [6, 6.07) is 11.8. The van der Waals surface area contributed by atoms with Gasteiger partial charge in [-0.3, -0.25) is 4.79 Å². The van der Waals surface area contributed by atoms with E-state index in [4.69, 9.17) is 4.42 Å². The molecule has 3 aromatic rings. The second-order valence-corrected chi connectivity index (χ2v) is 7.28. The summed E-state index contributed by atoms with van der Waals surface area (Å²) >= 11 is 1.48. The summed E-state index contributed by atoms with van der Waals surface area (Å²) < 4.78 is 5.95. The highest BCUT2D eigenvalue weighted by Gasteiger charge is 2.29. The van der Waals surface area contributed by atoms with Gasteiger partial charge >= 0.3 is 0 Å². The number of nitrogens with zero attached hydrogens (tertiary/aromatic N) is 3. The molecule has 0 spiro atoms. The number of carbonyl (C=O) groups is 1. The molecule has 1 unspecified atom stereocenters. The number of aromatic nitrogens is 2. The Bertz CT molecular complexity index is 872. The van der Waals surface area contributed by atoms with Crippen LogP contribution in [0.25, 0.3) is 11.5 Å². The predicted molar refractivity (Wildman–Crippen MR) is 96.7 cm³/mol. The molecule has 4 rings (SSSR count). The van der Waals surface area contributed by atoms with E-state index in [1.165, 1.54) is 11.3 Å². The lowest BCUT2D eigenvalue weighted by Gasteiger charge is -2.30. The van der Waals surface area contributed by atoms with Crippen molar-refractivity contribution in [3.63, 3.8) is 0 Å². The number of rotatable bonds is 3. The van der Waals surface area contributed by atoms with Crippen LogP contribution in [0.2, 0.25) is 0 Å². The minimum absolute atomic E-state index is 0.0957. The minimum atomic E-state index is 0.0957. The van der Waals surface area contributed by atoms with E-state index < -0.39 is 0 Å². The lowest BCUT2D eigenvalue weighted by atomic mass is 9.98. The summed E-state index contributed by atoms with van der Waals surface area (Å²) in [4.78, 5) is 15.3. The van der Waals surface area contributed by atoms with E-state index in [0.29, 0.717) is 18.3 Å². The Morgan fingerprint density at radius 1 is 1.24 bits per heavy atom. The van der Waals surface area contributed by atoms with Gasteiger partial charge in [0.1, 0.15) is 0 Å². The molecule has 128 valence electrons. The summed E-state index contributed by atoms with van der Waals surface area (Å²) in [6.07, 6.45) is 1.91. The van der Waals surface area contributed by atoms with E-state index >= 15 is 0 Å². The number of amides is 1.